The molecule has 0 aliphatic carbocycles. The van der Waals surface area contributed by atoms with Crippen LogP contribution in [0.3, 0.4) is 0 Å². The van der Waals surface area contributed by atoms with E-state index in [0.717, 1.165) is 6.42 Å². The summed E-state index contributed by atoms with van der Waals surface area (Å²) in [5, 5.41) is 22.0. The van der Waals surface area contributed by atoms with Gasteiger partial charge >= 0.3 is 5.97 Å². The number of aromatic nitrogens is 2. The molecule has 1 aromatic rings. The Kier molecular flexibility index (Phi) is 3.33. The van der Waals surface area contributed by atoms with Gasteiger partial charge in [0.2, 0.25) is 5.88 Å². The minimum absolute atomic E-state index is 0.0452. The molecule has 1 unspecified atom stereocenters. The Morgan fingerprint density at radius 1 is 1.65 bits per heavy atom. The van der Waals surface area contributed by atoms with Crippen molar-refractivity contribution in [2.24, 2.45) is 0 Å². The molecule has 1 aliphatic heterocycles. The predicted octanol–water partition coefficient (Wildman–Crippen LogP) is 0.677. The summed E-state index contributed by atoms with van der Waals surface area (Å²) >= 11 is 0. The molecule has 2 heterocycles. The van der Waals surface area contributed by atoms with Gasteiger partial charge < -0.3 is 14.9 Å². The molecule has 0 radical (unpaired) electrons. The third-order valence-corrected chi connectivity index (χ3v) is 2.95. The highest BCUT2D eigenvalue weighted by atomic mass is 16.5. The van der Waals surface area contributed by atoms with Gasteiger partial charge in [-0.1, -0.05) is 6.92 Å². The van der Waals surface area contributed by atoms with Crippen LogP contribution in [0.2, 0.25) is 0 Å². The fourth-order valence-corrected chi connectivity index (χ4v) is 2.09. The number of rotatable bonds is 4. The minimum atomic E-state index is -1.02. The molecular weight excluding hydrogens is 224 g/mol. The zero-order chi connectivity index (χ0) is 12.4. The highest BCUT2D eigenvalue weighted by Gasteiger charge is 2.28. The lowest BCUT2D eigenvalue weighted by Crippen LogP contribution is -2.27. The monoisotopic (exact) mass is 240 g/mol. The molecule has 0 saturated heterocycles. The van der Waals surface area contributed by atoms with Crippen LogP contribution in [0.5, 0.6) is 5.88 Å². The molecule has 2 rings (SSSR count). The molecule has 17 heavy (non-hydrogen) atoms. The quantitative estimate of drug-likeness (QED) is 0.808. The van der Waals surface area contributed by atoms with E-state index in [1.165, 1.54) is 0 Å². The largest absolute Gasteiger partial charge is 0.476 e. The second-order valence-electron chi connectivity index (χ2n) is 4.05. The number of nitrogens with zero attached hydrogens (tertiary/aromatic N) is 2. The number of carboxylic acids is 1. The van der Waals surface area contributed by atoms with Crippen LogP contribution < -0.4 is 4.74 Å². The van der Waals surface area contributed by atoms with Gasteiger partial charge in [-0.15, -0.1) is 0 Å². The molecule has 1 aromatic heterocycles. The molecule has 94 valence electrons. The molecule has 2 N–H and O–H groups in total. The smallest absolute Gasteiger partial charge is 0.356 e. The molecule has 1 aliphatic rings. The Bertz CT molecular complexity index is 427. The number of hydrogen-bond donors (Lipinski definition) is 2. The van der Waals surface area contributed by atoms with E-state index in [0.29, 0.717) is 30.8 Å². The van der Waals surface area contributed by atoms with Crippen LogP contribution in [-0.4, -0.2) is 38.7 Å². The number of carboxylic acid groups (broad SMARTS) is 1. The maximum atomic E-state index is 11.0. The van der Waals surface area contributed by atoms with Crippen molar-refractivity contribution in [2.45, 2.75) is 38.8 Å². The van der Waals surface area contributed by atoms with E-state index in [1.54, 1.807) is 4.68 Å². The molecule has 0 aromatic carbocycles. The van der Waals surface area contributed by atoms with Gasteiger partial charge in [0.25, 0.3) is 0 Å². The number of fused-ring (bicyclic) bond motifs is 1. The molecule has 0 bridgehead atoms. The lowest BCUT2D eigenvalue weighted by atomic mass is 10.1. The number of hydrogen-bond acceptors (Lipinski definition) is 4. The maximum Gasteiger partial charge on any atom is 0.356 e. The van der Waals surface area contributed by atoms with Crippen molar-refractivity contribution in [1.29, 1.82) is 0 Å². The Hall–Kier alpha value is -1.56. The van der Waals surface area contributed by atoms with Crippen LogP contribution in [0.1, 0.15) is 35.8 Å². The van der Waals surface area contributed by atoms with E-state index < -0.39 is 5.97 Å². The zero-order valence-electron chi connectivity index (χ0n) is 9.72. The summed E-state index contributed by atoms with van der Waals surface area (Å²) < 4.78 is 7.31. The number of aryl methyl sites for hydroxylation is 1. The van der Waals surface area contributed by atoms with Crippen LogP contribution in [0, 0.1) is 0 Å². The van der Waals surface area contributed by atoms with Crippen molar-refractivity contribution in [3.8, 4) is 5.88 Å². The van der Waals surface area contributed by atoms with Crippen molar-refractivity contribution in [3.63, 3.8) is 0 Å². The van der Waals surface area contributed by atoms with Gasteiger partial charge in [-0.05, 0) is 6.42 Å². The van der Waals surface area contributed by atoms with Crippen LogP contribution in [0.25, 0.3) is 0 Å². The topological polar surface area (TPSA) is 84.6 Å². The van der Waals surface area contributed by atoms with Crippen LogP contribution >= 0.6 is 0 Å². The van der Waals surface area contributed by atoms with Crippen LogP contribution in [0.4, 0.5) is 0 Å². The standard InChI is InChI=1S/C11H16N2O4/c1-2-8-9(11(15)16)12-13-5-3-7(4-6-14)17-10(8)13/h7,14H,2-6H2,1H3,(H,15,16). The second kappa shape index (κ2) is 4.75. The first-order valence-corrected chi connectivity index (χ1v) is 5.77. The SMILES string of the molecule is CCc1c(C(=O)O)nn2c1OC(CCO)CC2. The van der Waals surface area contributed by atoms with Crippen molar-refractivity contribution in [1.82, 2.24) is 9.78 Å². The number of carbonyl (C=O) groups is 1. The van der Waals surface area contributed by atoms with Gasteiger partial charge in [-0.2, -0.15) is 5.10 Å². The normalized spacial score (nSPS) is 18.6. The maximum absolute atomic E-state index is 11.0. The summed E-state index contributed by atoms with van der Waals surface area (Å²) in [4.78, 5) is 11.0. The van der Waals surface area contributed by atoms with Crippen LogP contribution in [-0.2, 0) is 13.0 Å². The Morgan fingerprint density at radius 2 is 2.41 bits per heavy atom. The third-order valence-electron chi connectivity index (χ3n) is 2.95. The zero-order valence-corrected chi connectivity index (χ0v) is 9.72. The van der Waals surface area contributed by atoms with Crippen molar-refractivity contribution >= 4 is 5.97 Å². The Morgan fingerprint density at radius 3 is 3.00 bits per heavy atom. The summed E-state index contributed by atoms with van der Waals surface area (Å²) in [6, 6.07) is 0. The van der Waals surface area contributed by atoms with Gasteiger partial charge in [0.1, 0.15) is 6.10 Å². The van der Waals surface area contributed by atoms with Gasteiger partial charge in [0.05, 0.1) is 0 Å². The third kappa shape index (κ3) is 2.12. The first-order chi connectivity index (χ1) is 8.17. The van der Waals surface area contributed by atoms with E-state index in [9.17, 15) is 4.79 Å². The highest BCUT2D eigenvalue weighted by molar-refractivity contribution is 5.87. The minimum Gasteiger partial charge on any atom is -0.476 e. The average Bonchev–Trinajstić information content (AvgIpc) is 2.67. The molecule has 0 fully saturated rings. The molecule has 0 amide bonds. The van der Waals surface area contributed by atoms with Gasteiger partial charge in [0, 0.05) is 31.6 Å². The number of ether oxygens (including phenoxy) is 1. The Balaban J connectivity index is 2.32. The van der Waals surface area contributed by atoms with E-state index in [2.05, 4.69) is 5.10 Å². The van der Waals surface area contributed by atoms with Crippen molar-refractivity contribution < 1.29 is 19.7 Å². The lowest BCUT2D eigenvalue weighted by molar-refractivity contribution is 0.0688. The summed E-state index contributed by atoms with van der Waals surface area (Å²) in [6.07, 6.45) is 1.84. The fourth-order valence-electron chi connectivity index (χ4n) is 2.09. The van der Waals surface area contributed by atoms with Crippen LogP contribution in [0.15, 0.2) is 0 Å². The summed E-state index contributed by atoms with van der Waals surface area (Å²) in [5.41, 5.74) is 0.715. The molecule has 1 atom stereocenters. The summed E-state index contributed by atoms with van der Waals surface area (Å²) in [7, 11) is 0. The summed E-state index contributed by atoms with van der Waals surface area (Å²) in [5.74, 6) is -0.472. The van der Waals surface area contributed by atoms with E-state index in [-0.39, 0.29) is 18.4 Å². The molecule has 6 nitrogen and oxygen atoms in total. The average molecular weight is 240 g/mol. The number of aromatic carboxylic acids is 1. The van der Waals surface area contributed by atoms with E-state index in [4.69, 9.17) is 14.9 Å². The first kappa shape index (κ1) is 11.9. The van der Waals surface area contributed by atoms with Gasteiger partial charge in [-0.25, -0.2) is 9.48 Å². The lowest BCUT2D eigenvalue weighted by Gasteiger charge is -2.24. The van der Waals surface area contributed by atoms with Crippen molar-refractivity contribution in [2.75, 3.05) is 6.61 Å². The highest BCUT2D eigenvalue weighted by Crippen LogP contribution is 2.29. The van der Waals surface area contributed by atoms with Gasteiger partial charge in [-0.3, -0.25) is 0 Å². The second-order valence-corrected chi connectivity index (χ2v) is 4.05. The van der Waals surface area contributed by atoms with E-state index in [1.807, 2.05) is 6.92 Å². The fraction of sp³-hybridized carbons (Fsp3) is 0.636. The Labute approximate surface area is 98.8 Å². The summed E-state index contributed by atoms with van der Waals surface area (Å²) in [6.45, 7) is 2.59. The van der Waals surface area contributed by atoms with Gasteiger partial charge in [0.15, 0.2) is 5.69 Å². The first-order valence-electron chi connectivity index (χ1n) is 5.77. The van der Waals surface area contributed by atoms with E-state index >= 15 is 0 Å². The number of aliphatic hydroxyl groups excluding tert-OH is 1. The molecule has 6 heteroatoms. The molecule has 0 spiro atoms. The number of aliphatic hydroxyl groups is 1. The molecule has 0 saturated carbocycles. The predicted molar refractivity (Wildman–Crippen MR) is 59.3 cm³/mol. The van der Waals surface area contributed by atoms with Crippen molar-refractivity contribution in [3.05, 3.63) is 11.3 Å². The molecular formula is C11H16N2O4.